The SMILES string of the molecule is COc1ccc(CC2CCCN2)cc1O. The fourth-order valence-electron chi connectivity index (χ4n) is 2.08. The number of hydrogen-bond acceptors (Lipinski definition) is 3. The van der Waals surface area contributed by atoms with E-state index in [0.29, 0.717) is 11.8 Å². The van der Waals surface area contributed by atoms with Gasteiger partial charge >= 0.3 is 0 Å². The highest BCUT2D eigenvalue weighted by molar-refractivity contribution is 5.41. The molecule has 3 heteroatoms. The molecule has 3 nitrogen and oxygen atoms in total. The highest BCUT2D eigenvalue weighted by atomic mass is 16.5. The topological polar surface area (TPSA) is 41.5 Å². The van der Waals surface area contributed by atoms with Gasteiger partial charge in [0.15, 0.2) is 11.5 Å². The van der Waals surface area contributed by atoms with Crippen LogP contribution in [0.5, 0.6) is 11.5 Å². The zero-order valence-electron chi connectivity index (χ0n) is 8.99. The summed E-state index contributed by atoms with van der Waals surface area (Å²) in [5.74, 6) is 0.770. The molecule has 1 atom stereocenters. The lowest BCUT2D eigenvalue weighted by Gasteiger charge is -2.11. The van der Waals surface area contributed by atoms with Crippen LogP contribution in [0.4, 0.5) is 0 Å². The van der Waals surface area contributed by atoms with Gasteiger partial charge in [0.25, 0.3) is 0 Å². The van der Waals surface area contributed by atoms with Crippen molar-refractivity contribution in [2.45, 2.75) is 25.3 Å². The van der Waals surface area contributed by atoms with E-state index in [4.69, 9.17) is 4.74 Å². The molecule has 1 aromatic carbocycles. The number of methoxy groups -OCH3 is 1. The number of aromatic hydroxyl groups is 1. The molecule has 0 aromatic heterocycles. The van der Waals surface area contributed by atoms with Crippen molar-refractivity contribution in [3.8, 4) is 11.5 Å². The molecule has 1 aromatic rings. The van der Waals surface area contributed by atoms with Gasteiger partial charge in [-0.3, -0.25) is 0 Å². The highest BCUT2D eigenvalue weighted by Crippen LogP contribution is 2.27. The number of nitrogens with one attached hydrogen (secondary N) is 1. The van der Waals surface area contributed by atoms with Gasteiger partial charge in [0.1, 0.15) is 0 Å². The first-order valence-electron chi connectivity index (χ1n) is 5.39. The van der Waals surface area contributed by atoms with Crippen LogP contribution in [0.3, 0.4) is 0 Å². The Morgan fingerprint density at radius 3 is 3.00 bits per heavy atom. The minimum atomic E-state index is 0.230. The third-order valence-electron chi connectivity index (χ3n) is 2.89. The van der Waals surface area contributed by atoms with Crippen molar-refractivity contribution in [2.75, 3.05) is 13.7 Å². The van der Waals surface area contributed by atoms with Crippen LogP contribution in [-0.2, 0) is 6.42 Å². The Bertz CT molecular complexity index is 332. The van der Waals surface area contributed by atoms with Crippen molar-refractivity contribution in [1.29, 1.82) is 0 Å². The van der Waals surface area contributed by atoms with Gasteiger partial charge in [-0.1, -0.05) is 6.07 Å². The predicted molar refractivity (Wildman–Crippen MR) is 59.4 cm³/mol. The van der Waals surface area contributed by atoms with Gasteiger partial charge in [-0.2, -0.15) is 0 Å². The van der Waals surface area contributed by atoms with Crippen LogP contribution in [0.1, 0.15) is 18.4 Å². The van der Waals surface area contributed by atoms with E-state index < -0.39 is 0 Å². The Labute approximate surface area is 90.1 Å². The Kier molecular flexibility index (Phi) is 3.11. The molecule has 1 aliphatic heterocycles. The Morgan fingerprint density at radius 2 is 2.40 bits per heavy atom. The summed E-state index contributed by atoms with van der Waals surface area (Å²) < 4.78 is 5.00. The van der Waals surface area contributed by atoms with Crippen LogP contribution in [0.15, 0.2) is 18.2 Å². The molecule has 0 spiro atoms. The summed E-state index contributed by atoms with van der Waals surface area (Å²) in [6, 6.07) is 6.19. The van der Waals surface area contributed by atoms with Crippen LogP contribution < -0.4 is 10.1 Å². The van der Waals surface area contributed by atoms with E-state index in [1.807, 2.05) is 12.1 Å². The van der Waals surface area contributed by atoms with Gasteiger partial charge in [-0.25, -0.2) is 0 Å². The van der Waals surface area contributed by atoms with E-state index in [1.165, 1.54) is 12.8 Å². The Balaban J connectivity index is 2.05. The summed E-state index contributed by atoms with van der Waals surface area (Å²) >= 11 is 0. The van der Waals surface area contributed by atoms with E-state index in [-0.39, 0.29) is 5.75 Å². The molecule has 0 aliphatic carbocycles. The minimum absolute atomic E-state index is 0.230. The number of hydrogen-bond donors (Lipinski definition) is 2. The van der Waals surface area contributed by atoms with Crippen LogP contribution in [0, 0.1) is 0 Å². The molecule has 0 amide bonds. The molecule has 1 saturated heterocycles. The van der Waals surface area contributed by atoms with Gasteiger partial charge in [0.2, 0.25) is 0 Å². The van der Waals surface area contributed by atoms with E-state index in [2.05, 4.69) is 5.32 Å². The quantitative estimate of drug-likeness (QED) is 0.792. The van der Waals surface area contributed by atoms with Crippen LogP contribution in [0.2, 0.25) is 0 Å². The van der Waals surface area contributed by atoms with Crippen molar-refractivity contribution in [2.24, 2.45) is 0 Å². The first-order valence-corrected chi connectivity index (χ1v) is 5.39. The maximum atomic E-state index is 9.62. The molecular weight excluding hydrogens is 190 g/mol. The lowest BCUT2D eigenvalue weighted by Crippen LogP contribution is -2.23. The summed E-state index contributed by atoms with van der Waals surface area (Å²) in [4.78, 5) is 0. The number of ether oxygens (including phenoxy) is 1. The Morgan fingerprint density at radius 1 is 1.53 bits per heavy atom. The average molecular weight is 207 g/mol. The third-order valence-corrected chi connectivity index (χ3v) is 2.89. The minimum Gasteiger partial charge on any atom is -0.504 e. The lowest BCUT2D eigenvalue weighted by atomic mass is 10.0. The number of rotatable bonds is 3. The van der Waals surface area contributed by atoms with Crippen molar-refractivity contribution in [3.63, 3.8) is 0 Å². The summed E-state index contributed by atoms with van der Waals surface area (Å²) in [6.45, 7) is 1.12. The molecule has 2 rings (SSSR count). The molecule has 1 fully saturated rings. The average Bonchev–Trinajstić information content (AvgIpc) is 2.71. The summed E-state index contributed by atoms with van der Waals surface area (Å²) in [5, 5.41) is 13.1. The molecule has 1 unspecified atom stereocenters. The van der Waals surface area contributed by atoms with Crippen molar-refractivity contribution >= 4 is 0 Å². The van der Waals surface area contributed by atoms with E-state index >= 15 is 0 Å². The van der Waals surface area contributed by atoms with Crippen molar-refractivity contribution in [1.82, 2.24) is 5.32 Å². The summed E-state index contributed by atoms with van der Waals surface area (Å²) in [7, 11) is 1.56. The van der Waals surface area contributed by atoms with Gasteiger partial charge in [-0.05, 0) is 43.5 Å². The number of phenolic OH excluding ortho intramolecular Hbond substituents is 1. The Hall–Kier alpha value is -1.22. The fraction of sp³-hybridized carbons (Fsp3) is 0.500. The van der Waals surface area contributed by atoms with Crippen LogP contribution >= 0.6 is 0 Å². The first kappa shape index (κ1) is 10.3. The normalized spacial score (nSPS) is 20.5. The van der Waals surface area contributed by atoms with Gasteiger partial charge in [0.05, 0.1) is 7.11 Å². The zero-order chi connectivity index (χ0) is 10.7. The third kappa shape index (κ3) is 2.42. The van der Waals surface area contributed by atoms with Gasteiger partial charge in [-0.15, -0.1) is 0 Å². The molecule has 0 saturated carbocycles. The largest absolute Gasteiger partial charge is 0.504 e. The van der Waals surface area contributed by atoms with Gasteiger partial charge in [0, 0.05) is 6.04 Å². The fourth-order valence-corrected chi connectivity index (χ4v) is 2.08. The predicted octanol–water partition coefficient (Wildman–Crippen LogP) is 1.70. The second-order valence-corrected chi connectivity index (χ2v) is 4.00. The molecule has 0 radical (unpaired) electrons. The monoisotopic (exact) mass is 207 g/mol. The van der Waals surface area contributed by atoms with E-state index in [1.54, 1.807) is 13.2 Å². The van der Waals surface area contributed by atoms with Crippen molar-refractivity contribution in [3.05, 3.63) is 23.8 Å². The molecule has 15 heavy (non-hydrogen) atoms. The second kappa shape index (κ2) is 4.53. The van der Waals surface area contributed by atoms with Crippen molar-refractivity contribution < 1.29 is 9.84 Å². The molecule has 82 valence electrons. The van der Waals surface area contributed by atoms with E-state index in [9.17, 15) is 5.11 Å². The smallest absolute Gasteiger partial charge is 0.160 e. The number of benzene rings is 1. The molecule has 1 heterocycles. The maximum absolute atomic E-state index is 9.62. The second-order valence-electron chi connectivity index (χ2n) is 4.00. The van der Waals surface area contributed by atoms with Crippen LogP contribution in [-0.4, -0.2) is 24.8 Å². The van der Waals surface area contributed by atoms with Crippen LogP contribution in [0.25, 0.3) is 0 Å². The van der Waals surface area contributed by atoms with E-state index in [0.717, 1.165) is 18.5 Å². The summed E-state index contributed by atoms with van der Waals surface area (Å²) in [6.07, 6.45) is 3.47. The zero-order valence-corrected chi connectivity index (χ0v) is 8.99. The first-order chi connectivity index (χ1) is 7.29. The molecule has 2 N–H and O–H groups in total. The number of phenols is 1. The molecule has 0 bridgehead atoms. The standard InChI is InChI=1S/C12H17NO2/c1-15-12-5-4-9(8-11(12)14)7-10-3-2-6-13-10/h4-5,8,10,13-14H,2-3,6-7H2,1H3. The summed E-state index contributed by atoms with van der Waals surface area (Å²) in [5.41, 5.74) is 1.16. The molecule has 1 aliphatic rings. The molecular formula is C12H17NO2. The highest BCUT2D eigenvalue weighted by Gasteiger charge is 2.14. The maximum Gasteiger partial charge on any atom is 0.160 e. The van der Waals surface area contributed by atoms with Gasteiger partial charge < -0.3 is 15.2 Å². The lowest BCUT2D eigenvalue weighted by molar-refractivity contribution is 0.373.